The van der Waals surface area contributed by atoms with Crippen molar-refractivity contribution >= 4 is 17.4 Å². The van der Waals surface area contributed by atoms with Gasteiger partial charge in [-0.05, 0) is 30.7 Å². The lowest BCUT2D eigenvalue weighted by Gasteiger charge is -2.11. The van der Waals surface area contributed by atoms with Crippen LogP contribution in [0, 0.1) is 12.9 Å². The van der Waals surface area contributed by atoms with Gasteiger partial charge in [0.15, 0.2) is 0 Å². The second-order valence-electron chi connectivity index (χ2n) is 4.51. The van der Waals surface area contributed by atoms with Crippen molar-refractivity contribution in [3.8, 4) is 5.69 Å². The van der Waals surface area contributed by atoms with E-state index in [9.17, 15) is 14.0 Å². The Bertz CT molecular complexity index is 978. The molecule has 3 aromatic rings. The third-order valence-corrected chi connectivity index (χ3v) is 3.51. The minimum absolute atomic E-state index is 0.0887. The van der Waals surface area contributed by atoms with Crippen LogP contribution in [0.3, 0.4) is 0 Å². The average Bonchev–Trinajstić information content (AvgIpc) is 2.42. The van der Waals surface area contributed by atoms with Crippen molar-refractivity contribution in [2.75, 3.05) is 0 Å². The molecule has 2 heterocycles. The molecule has 0 spiro atoms. The second-order valence-corrected chi connectivity index (χ2v) is 4.92. The van der Waals surface area contributed by atoms with Gasteiger partial charge >= 0.3 is 0 Å². The first-order valence-corrected chi connectivity index (χ1v) is 6.43. The summed E-state index contributed by atoms with van der Waals surface area (Å²) in [6.07, 6.45) is 1.23. The van der Waals surface area contributed by atoms with Crippen LogP contribution in [0.2, 0.25) is 5.02 Å². The van der Waals surface area contributed by atoms with Crippen LogP contribution in [0.25, 0.3) is 11.5 Å². The summed E-state index contributed by atoms with van der Waals surface area (Å²) < 4.78 is 16.0. The molecule has 3 rings (SSSR count). The molecule has 0 unspecified atom stereocenters. The predicted octanol–water partition coefficient (Wildman–Crippen LogP) is 1.95. The van der Waals surface area contributed by atoms with E-state index in [2.05, 4.69) is 4.98 Å². The first kappa shape index (κ1) is 13.5. The van der Waals surface area contributed by atoms with Gasteiger partial charge in [0.2, 0.25) is 11.7 Å². The number of hydrogen-bond acceptors (Lipinski definition) is 3. The van der Waals surface area contributed by atoms with Crippen molar-refractivity contribution in [3.63, 3.8) is 0 Å². The highest BCUT2D eigenvalue weighted by Crippen LogP contribution is 2.19. The van der Waals surface area contributed by atoms with E-state index in [-0.39, 0.29) is 5.78 Å². The number of aromatic nitrogens is 3. The summed E-state index contributed by atoms with van der Waals surface area (Å²) in [6.45, 7) is 1.78. The fourth-order valence-corrected chi connectivity index (χ4v) is 2.18. The summed E-state index contributed by atoms with van der Waals surface area (Å²) in [4.78, 5) is 27.2. The Labute approximate surface area is 122 Å². The summed E-state index contributed by atoms with van der Waals surface area (Å²) in [5.74, 6) is -0.876. The van der Waals surface area contributed by atoms with Crippen LogP contribution in [0.15, 0.2) is 46.1 Å². The Morgan fingerprint density at radius 1 is 1.19 bits per heavy atom. The predicted molar refractivity (Wildman–Crippen MR) is 76.8 cm³/mol. The molecule has 1 aromatic carbocycles. The van der Waals surface area contributed by atoms with Crippen LogP contribution >= 0.6 is 11.6 Å². The van der Waals surface area contributed by atoms with Crippen molar-refractivity contribution in [2.45, 2.75) is 6.92 Å². The van der Waals surface area contributed by atoms with Crippen molar-refractivity contribution in [3.05, 3.63) is 73.8 Å². The summed E-state index contributed by atoms with van der Waals surface area (Å²) in [5.41, 5.74) is 0.0334. The molecule has 21 heavy (non-hydrogen) atoms. The molecule has 0 aliphatic heterocycles. The van der Waals surface area contributed by atoms with Crippen LogP contribution < -0.4 is 11.1 Å². The normalized spacial score (nSPS) is 11.0. The number of benzene rings is 1. The van der Waals surface area contributed by atoms with Crippen LogP contribution in [-0.2, 0) is 0 Å². The van der Waals surface area contributed by atoms with Crippen molar-refractivity contribution < 1.29 is 4.39 Å². The SMILES string of the molecule is Cc1cc(-n2c(=O)cc(F)n3ccc(=O)nc23)ccc1Cl. The number of aryl methyl sites for hydroxylation is 1. The first-order chi connectivity index (χ1) is 9.97. The molecule has 0 atom stereocenters. The van der Waals surface area contributed by atoms with Gasteiger partial charge in [0.1, 0.15) is 0 Å². The van der Waals surface area contributed by atoms with E-state index < -0.39 is 17.1 Å². The van der Waals surface area contributed by atoms with Gasteiger partial charge in [-0.2, -0.15) is 9.37 Å². The molecule has 7 heteroatoms. The molecule has 0 N–H and O–H groups in total. The van der Waals surface area contributed by atoms with E-state index in [0.717, 1.165) is 26.7 Å². The zero-order chi connectivity index (χ0) is 15.1. The Morgan fingerprint density at radius 3 is 2.67 bits per heavy atom. The standard InChI is InChI=1S/C14H9ClFN3O2/c1-8-6-9(2-3-10(8)15)19-13(21)7-11(16)18-5-4-12(20)17-14(18)19/h2-7H,1H3. The maximum Gasteiger partial charge on any atom is 0.274 e. The van der Waals surface area contributed by atoms with E-state index in [1.54, 1.807) is 25.1 Å². The molecule has 2 aromatic heterocycles. The topological polar surface area (TPSA) is 56.4 Å². The van der Waals surface area contributed by atoms with E-state index in [1.165, 1.54) is 6.20 Å². The van der Waals surface area contributed by atoms with Gasteiger partial charge in [0, 0.05) is 17.3 Å². The zero-order valence-electron chi connectivity index (χ0n) is 10.9. The second kappa shape index (κ2) is 4.82. The molecule has 0 aliphatic carbocycles. The fourth-order valence-electron chi connectivity index (χ4n) is 2.06. The maximum atomic E-state index is 13.8. The highest BCUT2D eigenvalue weighted by atomic mass is 35.5. The van der Waals surface area contributed by atoms with Gasteiger partial charge < -0.3 is 0 Å². The minimum atomic E-state index is -0.788. The number of halogens is 2. The van der Waals surface area contributed by atoms with Crippen molar-refractivity contribution in [2.24, 2.45) is 0 Å². The fraction of sp³-hybridized carbons (Fsp3) is 0.0714. The Kier molecular flexibility index (Phi) is 3.10. The molecule has 106 valence electrons. The van der Waals surface area contributed by atoms with Crippen LogP contribution in [0.1, 0.15) is 5.56 Å². The molecule has 0 fully saturated rings. The lowest BCUT2D eigenvalue weighted by Crippen LogP contribution is -2.25. The van der Waals surface area contributed by atoms with Crippen molar-refractivity contribution in [1.29, 1.82) is 0 Å². The monoisotopic (exact) mass is 305 g/mol. The Balaban J connectivity index is 2.46. The quantitative estimate of drug-likeness (QED) is 0.646. The summed E-state index contributed by atoms with van der Waals surface area (Å²) >= 11 is 5.96. The van der Waals surface area contributed by atoms with Gasteiger partial charge in [-0.25, -0.2) is 4.57 Å². The number of nitrogens with zero attached hydrogens (tertiary/aromatic N) is 3. The Hall–Kier alpha value is -2.47. The van der Waals surface area contributed by atoms with Gasteiger partial charge in [-0.3, -0.25) is 14.0 Å². The molecule has 0 aliphatic rings. The van der Waals surface area contributed by atoms with Crippen LogP contribution in [0.5, 0.6) is 0 Å². The maximum absolute atomic E-state index is 13.8. The van der Waals surface area contributed by atoms with E-state index >= 15 is 0 Å². The zero-order valence-corrected chi connectivity index (χ0v) is 11.6. The van der Waals surface area contributed by atoms with Crippen LogP contribution in [0.4, 0.5) is 4.39 Å². The number of rotatable bonds is 1. The van der Waals surface area contributed by atoms with Gasteiger partial charge in [-0.1, -0.05) is 11.6 Å². The van der Waals surface area contributed by atoms with Crippen LogP contribution in [-0.4, -0.2) is 14.0 Å². The number of hydrogen-bond donors (Lipinski definition) is 0. The summed E-state index contributed by atoms with van der Waals surface area (Å²) in [6, 6.07) is 6.86. The van der Waals surface area contributed by atoms with Gasteiger partial charge in [0.25, 0.3) is 11.1 Å². The third-order valence-electron chi connectivity index (χ3n) is 3.08. The molecular weight excluding hydrogens is 297 g/mol. The largest absolute Gasteiger partial charge is 0.274 e. The van der Waals surface area contributed by atoms with E-state index in [4.69, 9.17) is 11.6 Å². The molecule has 0 amide bonds. The third kappa shape index (κ3) is 2.23. The Morgan fingerprint density at radius 2 is 1.95 bits per heavy atom. The average molecular weight is 306 g/mol. The lowest BCUT2D eigenvalue weighted by atomic mass is 10.2. The molecule has 0 saturated carbocycles. The summed E-state index contributed by atoms with van der Waals surface area (Å²) in [5, 5.41) is 0.545. The highest BCUT2D eigenvalue weighted by molar-refractivity contribution is 6.31. The molecule has 0 saturated heterocycles. The molecule has 0 radical (unpaired) electrons. The van der Waals surface area contributed by atoms with Gasteiger partial charge in [0.05, 0.1) is 11.8 Å². The minimum Gasteiger partial charge on any atom is -0.269 e. The molecule has 5 nitrogen and oxygen atoms in total. The molecular formula is C14H9ClFN3O2. The molecule has 0 bridgehead atoms. The summed E-state index contributed by atoms with van der Waals surface area (Å²) in [7, 11) is 0. The van der Waals surface area contributed by atoms with E-state index in [1.807, 2.05) is 0 Å². The number of fused-ring (bicyclic) bond motifs is 1. The smallest absolute Gasteiger partial charge is 0.269 e. The first-order valence-electron chi connectivity index (χ1n) is 6.05. The van der Waals surface area contributed by atoms with Crippen molar-refractivity contribution in [1.82, 2.24) is 14.0 Å². The van der Waals surface area contributed by atoms with E-state index in [0.29, 0.717) is 10.7 Å². The van der Waals surface area contributed by atoms with Gasteiger partial charge in [-0.15, -0.1) is 0 Å². The highest BCUT2D eigenvalue weighted by Gasteiger charge is 2.11. The lowest BCUT2D eigenvalue weighted by molar-refractivity contribution is 0.553.